The molecule has 0 aliphatic heterocycles. The number of aliphatic hydroxyl groups is 1. The summed E-state index contributed by atoms with van der Waals surface area (Å²) in [5.41, 5.74) is 0. The zero-order chi connectivity index (χ0) is 7.42. The van der Waals surface area contributed by atoms with Crippen LogP contribution < -0.4 is 0 Å². The molecule has 0 aromatic heterocycles. The van der Waals surface area contributed by atoms with Gasteiger partial charge in [-0.05, 0) is 42.9 Å². The monoisotopic (exact) mass is 150 g/mol. The van der Waals surface area contributed by atoms with Gasteiger partial charge in [-0.25, -0.2) is 0 Å². The number of hydrogen-bond donors (Lipinski definition) is 1. The van der Waals surface area contributed by atoms with Crippen molar-refractivity contribution in [3.8, 4) is 0 Å². The van der Waals surface area contributed by atoms with E-state index in [-0.39, 0.29) is 6.10 Å². The molecule has 0 heterocycles. The third kappa shape index (κ3) is 0.652. The Balaban J connectivity index is 1.94. The molecule has 11 heavy (non-hydrogen) atoms. The quantitative estimate of drug-likeness (QED) is 0.520. The lowest BCUT2D eigenvalue weighted by Gasteiger charge is -2.27. The molecule has 3 rings (SSSR count). The van der Waals surface area contributed by atoms with E-state index in [2.05, 4.69) is 12.2 Å². The van der Waals surface area contributed by atoms with E-state index in [1.54, 1.807) is 0 Å². The Kier molecular flexibility index (Phi) is 1.07. The van der Waals surface area contributed by atoms with Gasteiger partial charge in [0, 0.05) is 0 Å². The van der Waals surface area contributed by atoms with Gasteiger partial charge in [-0.3, -0.25) is 0 Å². The van der Waals surface area contributed by atoms with Gasteiger partial charge in [-0.2, -0.15) is 0 Å². The second-order valence-corrected chi connectivity index (χ2v) is 4.37. The highest BCUT2D eigenvalue weighted by Crippen LogP contribution is 2.56. The van der Waals surface area contributed by atoms with Crippen LogP contribution in [0.5, 0.6) is 0 Å². The molecular weight excluding hydrogens is 136 g/mol. The zero-order valence-electron chi connectivity index (χ0n) is 6.61. The van der Waals surface area contributed by atoms with Gasteiger partial charge in [0.2, 0.25) is 0 Å². The van der Waals surface area contributed by atoms with Crippen LogP contribution in [0.4, 0.5) is 0 Å². The number of allylic oxidation sites excluding steroid dienone is 2. The van der Waals surface area contributed by atoms with Crippen LogP contribution in [0, 0.1) is 23.7 Å². The minimum atomic E-state index is 0.0427. The normalized spacial score (nSPS) is 58.8. The Morgan fingerprint density at radius 1 is 1.18 bits per heavy atom. The molecule has 0 saturated heterocycles. The van der Waals surface area contributed by atoms with Gasteiger partial charge >= 0.3 is 0 Å². The van der Waals surface area contributed by atoms with Gasteiger partial charge < -0.3 is 5.11 Å². The molecule has 1 nitrogen and oxygen atoms in total. The number of aliphatic hydroxyl groups excluding tert-OH is 1. The van der Waals surface area contributed by atoms with Crippen molar-refractivity contribution in [2.24, 2.45) is 23.7 Å². The second-order valence-electron chi connectivity index (χ2n) is 4.37. The summed E-state index contributed by atoms with van der Waals surface area (Å²) in [4.78, 5) is 0. The summed E-state index contributed by atoms with van der Waals surface area (Å²) in [6.07, 6.45) is 8.37. The molecule has 3 aliphatic rings. The average Bonchev–Trinajstić information content (AvgIpc) is 2.52. The number of rotatable bonds is 0. The highest BCUT2D eigenvalue weighted by Gasteiger charge is 2.51. The van der Waals surface area contributed by atoms with Gasteiger partial charge in [-0.15, -0.1) is 0 Å². The number of fused-ring (bicyclic) bond motifs is 5. The fourth-order valence-corrected chi connectivity index (χ4v) is 3.52. The molecule has 1 heteroatoms. The Hall–Kier alpha value is -0.300. The molecular formula is C10H14O. The Morgan fingerprint density at radius 3 is 3.00 bits per heavy atom. The molecule has 0 unspecified atom stereocenters. The van der Waals surface area contributed by atoms with Crippen LogP contribution in [0.1, 0.15) is 19.3 Å². The SMILES string of the molecule is O[C@@H]1C[C@@H]2C[C@H]1[C@@H]1CC=C[C@H]21. The molecule has 0 spiro atoms. The first kappa shape index (κ1) is 6.24. The topological polar surface area (TPSA) is 20.2 Å². The molecule has 1 N–H and O–H groups in total. The van der Waals surface area contributed by atoms with Crippen molar-refractivity contribution in [2.45, 2.75) is 25.4 Å². The van der Waals surface area contributed by atoms with E-state index in [1.807, 2.05) is 0 Å². The van der Waals surface area contributed by atoms with Crippen LogP contribution in [0.15, 0.2) is 12.2 Å². The summed E-state index contributed by atoms with van der Waals surface area (Å²) in [5, 5.41) is 9.64. The minimum Gasteiger partial charge on any atom is -0.393 e. The van der Waals surface area contributed by atoms with Crippen molar-refractivity contribution in [1.29, 1.82) is 0 Å². The van der Waals surface area contributed by atoms with Crippen LogP contribution in [0.2, 0.25) is 0 Å². The molecule has 2 bridgehead atoms. The fraction of sp³-hybridized carbons (Fsp3) is 0.800. The summed E-state index contributed by atoms with van der Waals surface area (Å²) < 4.78 is 0. The van der Waals surface area contributed by atoms with Crippen molar-refractivity contribution in [2.75, 3.05) is 0 Å². The van der Waals surface area contributed by atoms with Crippen molar-refractivity contribution in [3.05, 3.63) is 12.2 Å². The van der Waals surface area contributed by atoms with E-state index in [0.29, 0.717) is 5.92 Å². The standard InChI is InChI=1S/C10H14O/c11-10-5-6-4-9(10)8-3-1-2-7(6)8/h1-2,6-11H,3-5H2/t6-,7+,8+,9-,10+/m0/s1. The second kappa shape index (κ2) is 1.89. The molecule has 0 amide bonds. The lowest BCUT2D eigenvalue weighted by atomic mass is 9.80. The van der Waals surface area contributed by atoms with E-state index in [0.717, 1.165) is 24.2 Å². The van der Waals surface area contributed by atoms with Gasteiger partial charge in [0.05, 0.1) is 6.10 Å². The summed E-state index contributed by atoms with van der Waals surface area (Å²) in [6.45, 7) is 0. The van der Waals surface area contributed by atoms with Gasteiger partial charge in [0.1, 0.15) is 0 Å². The van der Waals surface area contributed by atoms with Gasteiger partial charge in [0.25, 0.3) is 0 Å². The highest BCUT2D eigenvalue weighted by atomic mass is 16.3. The Morgan fingerprint density at radius 2 is 2.09 bits per heavy atom. The smallest absolute Gasteiger partial charge is 0.0574 e. The maximum absolute atomic E-state index is 9.64. The van der Waals surface area contributed by atoms with Crippen molar-refractivity contribution < 1.29 is 5.11 Å². The van der Waals surface area contributed by atoms with Crippen LogP contribution in [0.3, 0.4) is 0 Å². The predicted molar refractivity (Wildman–Crippen MR) is 43.0 cm³/mol. The van der Waals surface area contributed by atoms with Crippen LogP contribution in [-0.4, -0.2) is 11.2 Å². The first-order valence-corrected chi connectivity index (χ1v) is 4.71. The van der Waals surface area contributed by atoms with E-state index >= 15 is 0 Å². The maximum Gasteiger partial charge on any atom is 0.0574 e. The predicted octanol–water partition coefficient (Wildman–Crippen LogP) is 1.58. The van der Waals surface area contributed by atoms with E-state index in [4.69, 9.17) is 0 Å². The molecule has 2 fully saturated rings. The highest BCUT2D eigenvalue weighted by molar-refractivity contribution is 5.14. The summed E-state index contributed by atoms with van der Waals surface area (Å²) in [5.74, 6) is 3.16. The van der Waals surface area contributed by atoms with Gasteiger partial charge in [-0.1, -0.05) is 12.2 Å². The largest absolute Gasteiger partial charge is 0.393 e. The molecule has 60 valence electrons. The lowest BCUT2D eigenvalue weighted by molar-refractivity contribution is 0.0697. The number of hydrogen-bond acceptors (Lipinski definition) is 1. The molecule has 0 aromatic rings. The average molecular weight is 150 g/mol. The van der Waals surface area contributed by atoms with Crippen molar-refractivity contribution >= 4 is 0 Å². The van der Waals surface area contributed by atoms with Crippen LogP contribution in [0.25, 0.3) is 0 Å². The third-order valence-electron chi connectivity index (χ3n) is 3.97. The summed E-state index contributed by atoms with van der Waals surface area (Å²) in [7, 11) is 0. The molecule has 0 radical (unpaired) electrons. The maximum atomic E-state index is 9.64. The summed E-state index contributed by atoms with van der Waals surface area (Å²) >= 11 is 0. The Labute approximate surface area is 67.1 Å². The van der Waals surface area contributed by atoms with Crippen LogP contribution in [-0.2, 0) is 0 Å². The Bertz CT molecular complexity index is 209. The van der Waals surface area contributed by atoms with Crippen molar-refractivity contribution in [1.82, 2.24) is 0 Å². The third-order valence-corrected chi connectivity index (χ3v) is 3.97. The van der Waals surface area contributed by atoms with E-state index in [1.165, 1.54) is 12.8 Å². The summed E-state index contributed by atoms with van der Waals surface area (Å²) in [6, 6.07) is 0. The minimum absolute atomic E-state index is 0.0427. The van der Waals surface area contributed by atoms with E-state index in [9.17, 15) is 5.11 Å². The van der Waals surface area contributed by atoms with E-state index < -0.39 is 0 Å². The molecule has 3 aliphatic carbocycles. The first-order valence-electron chi connectivity index (χ1n) is 4.71. The molecule has 5 atom stereocenters. The zero-order valence-corrected chi connectivity index (χ0v) is 6.61. The molecule has 2 saturated carbocycles. The first-order chi connectivity index (χ1) is 5.36. The van der Waals surface area contributed by atoms with Crippen molar-refractivity contribution in [3.63, 3.8) is 0 Å². The van der Waals surface area contributed by atoms with Gasteiger partial charge in [0.15, 0.2) is 0 Å². The molecule has 0 aromatic carbocycles. The fourth-order valence-electron chi connectivity index (χ4n) is 3.52. The lowest BCUT2D eigenvalue weighted by Crippen LogP contribution is -2.27. The van der Waals surface area contributed by atoms with Crippen LogP contribution >= 0.6 is 0 Å².